The third-order valence-corrected chi connectivity index (χ3v) is 2.10. The summed E-state index contributed by atoms with van der Waals surface area (Å²) in [7, 11) is 0. The number of nitrogens with one attached hydrogen (secondary N) is 1. The number of nitro groups is 1. The summed E-state index contributed by atoms with van der Waals surface area (Å²) < 4.78 is 4.76. The highest BCUT2D eigenvalue weighted by Crippen LogP contribution is 2.25. The number of aromatic nitrogens is 1. The summed E-state index contributed by atoms with van der Waals surface area (Å²) in [4.78, 5) is 14.1. The van der Waals surface area contributed by atoms with Crippen molar-refractivity contribution in [3.05, 3.63) is 52.5 Å². The molecule has 15 heavy (non-hydrogen) atoms. The van der Waals surface area contributed by atoms with Gasteiger partial charge in [-0.1, -0.05) is 0 Å². The monoisotopic (exact) mass is 208 g/mol. The molecule has 1 aromatic rings. The highest BCUT2D eigenvalue weighted by molar-refractivity contribution is 5.29. The van der Waals surface area contributed by atoms with E-state index in [1.807, 2.05) is 0 Å². The molecule has 2 heterocycles. The molecule has 0 saturated heterocycles. The van der Waals surface area contributed by atoms with E-state index in [1.165, 1.54) is 31.0 Å². The van der Waals surface area contributed by atoms with E-state index in [9.17, 15) is 10.1 Å². The summed E-state index contributed by atoms with van der Waals surface area (Å²) in [6.07, 6.45) is 6.78. The van der Waals surface area contributed by atoms with Crippen LogP contribution in [0.4, 0.5) is 0 Å². The largest absolute Gasteiger partial charge is 0.451 e. The smallest absolute Gasteiger partial charge is 0.292 e. The fraction of sp³-hybridized carbons (Fsp3) is 0.125. The molecule has 1 aromatic heterocycles. The third-order valence-electron chi connectivity index (χ3n) is 2.10. The van der Waals surface area contributed by atoms with Gasteiger partial charge in [-0.15, -0.1) is 0 Å². The lowest BCUT2D eigenvalue weighted by Gasteiger charge is -2.26. The van der Waals surface area contributed by atoms with Gasteiger partial charge in [0.25, 0.3) is 5.70 Å². The molecule has 7 nitrogen and oxygen atoms in total. The van der Waals surface area contributed by atoms with Crippen LogP contribution in [0.25, 0.3) is 0 Å². The van der Waals surface area contributed by atoms with Crippen LogP contribution in [0.2, 0.25) is 0 Å². The Bertz CT molecular complexity index is 437. The molecule has 1 unspecified atom stereocenters. The second-order valence-electron chi connectivity index (χ2n) is 2.99. The van der Waals surface area contributed by atoms with E-state index < -0.39 is 10.6 Å². The number of rotatable bonds is 2. The molecule has 0 amide bonds. The van der Waals surface area contributed by atoms with Crippen LogP contribution in [-0.2, 0) is 5.66 Å². The lowest BCUT2D eigenvalue weighted by molar-refractivity contribution is -0.437. The summed E-state index contributed by atoms with van der Waals surface area (Å²) in [6, 6.07) is 0. The summed E-state index contributed by atoms with van der Waals surface area (Å²) in [5.74, 6) is 0. The van der Waals surface area contributed by atoms with Gasteiger partial charge in [-0.2, -0.15) is 0 Å². The van der Waals surface area contributed by atoms with Crippen LogP contribution in [0.5, 0.6) is 0 Å². The average Bonchev–Trinajstić information content (AvgIpc) is 2.71. The first-order valence-electron chi connectivity index (χ1n) is 4.11. The Hall–Kier alpha value is -2.15. The minimum atomic E-state index is -1.44. The number of dihydropyridines is 1. The lowest BCUT2D eigenvalue weighted by atomic mass is 10.0. The Labute approximate surface area is 84.4 Å². The minimum Gasteiger partial charge on any atom is -0.451 e. The molecule has 78 valence electrons. The van der Waals surface area contributed by atoms with Gasteiger partial charge in [-0.3, -0.25) is 15.8 Å². The number of oxazole rings is 1. The Balaban J connectivity index is 2.48. The summed E-state index contributed by atoms with van der Waals surface area (Å²) in [5.41, 5.74) is 4.51. The zero-order chi connectivity index (χ0) is 10.9. The molecule has 0 spiro atoms. The number of nitrogens with two attached hydrogens (primary N) is 1. The first-order chi connectivity index (χ1) is 7.14. The second kappa shape index (κ2) is 3.21. The van der Waals surface area contributed by atoms with E-state index in [-0.39, 0.29) is 11.4 Å². The van der Waals surface area contributed by atoms with E-state index >= 15 is 0 Å². The predicted octanol–water partition coefficient (Wildman–Crippen LogP) is 0.0636. The fourth-order valence-electron chi connectivity index (χ4n) is 1.34. The molecule has 0 bridgehead atoms. The van der Waals surface area contributed by atoms with Crippen molar-refractivity contribution in [3.63, 3.8) is 0 Å². The van der Waals surface area contributed by atoms with Crippen molar-refractivity contribution in [1.82, 2.24) is 10.3 Å². The topological polar surface area (TPSA) is 107 Å². The van der Waals surface area contributed by atoms with E-state index in [1.54, 1.807) is 0 Å². The molecule has 2 rings (SSSR count). The van der Waals surface area contributed by atoms with E-state index in [4.69, 9.17) is 10.2 Å². The van der Waals surface area contributed by atoms with Gasteiger partial charge in [-0.05, 0) is 12.3 Å². The van der Waals surface area contributed by atoms with Gasteiger partial charge >= 0.3 is 0 Å². The van der Waals surface area contributed by atoms with Crippen molar-refractivity contribution in [2.45, 2.75) is 5.66 Å². The lowest BCUT2D eigenvalue weighted by Crippen LogP contribution is -2.52. The quantitative estimate of drug-likeness (QED) is 0.525. The molecule has 0 aromatic carbocycles. The Morgan fingerprint density at radius 1 is 1.67 bits per heavy atom. The Morgan fingerprint density at radius 3 is 3.07 bits per heavy atom. The molecule has 3 N–H and O–H groups in total. The van der Waals surface area contributed by atoms with Crippen LogP contribution in [0.3, 0.4) is 0 Å². The van der Waals surface area contributed by atoms with Crippen LogP contribution < -0.4 is 11.1 Å². The SMILES string of the molecule is NC1(c2cocn2)NC=CC=C1[N+](=O)[O-]. The predicted molar refractivity (Wildman–Crippen MR) is 49.7 cm³/mol. The van der Waals surface area contributed by atoms with Gasteiger partial charge in [0.05, 0.1) is 4.92 Å². The first kappa shape index (κ1) is 9.41. The van der Waals surface area contributed by atoms with Crippen molar-refractivity contribution < 1.29 is 9.34 Å². The van der Waals surface area contributed by atoms with E-state index in [0.717, 1.165) is 0 Å². The normalized spacial score (nSPS) is 24.5. The maximum absolute atomic E-state index is 10.8. The highest BCUT2D eigenvalue weighted by atomic mass is 16.6. The average molecular weight is 208 g/mol. The fourth-order valence-corrected chi connectivity index (χ4v) is 1.34. The van der Waals surface area contributed by atoms with Crippen LogP contribution in [0, 0.1) is 10.1 Å². The van der Waals surface area contributed by atoms with Gasteiger partial charge in [0.15, 0.2) is 6.39 Å². The zero-order valence-corrected chi connectivity index (χ0v) is 7.58. The van der Waals surface area contributed by atoms with Gasteiger partial charge in [0.2, 0.25) is 5.66 Å². The molecule has 7 heteroatoms. The highest BCUT2D eigenvalue weighted by Gasteiger charge is 2.43. The summed E-state index contributed by atoms with van der Waals surface area (Å²) in [5, 5.41) is 13.5. The standard InChI is InChI=1S/C8H8N4O3/c9-8(6-4-15-5-10-6)7(12(13)14)2-1-3-11-8/h1-5,11H,9H2. The maximum Gasteiger partial charge on any atom is 0.292 e. The molecule has 1 aliphatic heterocycles. The number of hydrogen-bond acceptors (Lipinski definition) is 6. The van der Waals surface area contributed by atoms with Crippen molar-refractivity contribution in [2.75, 3.05) is 0 Å². The number of hydrogen-bond donors (Lipinski definition) is 2. The molecule has 0 aliphatic carbocycles. The van der Waals surface area contributed by atoms with Crippen LogP contribution >= 0.6 is 0 Å². The number of nitrogens with zero attached hydrogens (tertiary/aromatic N) is 2. The molecule has 0 saturated carbocycles. The second-order valence-corrected chi connectivity index (χ2v) is 2.99. The van der Waals surface area contributed by atoms with Crippen molar-refractivity contribution >= 4 is 0 Å². The van der Waals surface area contributed by atoms with E-state index in [2.05, 4.69) is 10.3 Å². The van der Waals surface area contributed by atoms with Gasteiger partial charge < -0.3 is 9.73 Å². The minimum absolute atomic E-state index is 0.182. The van der Waals surface area contributed by atoms with Gasteiger partial charge in [0, 0.05) is 6.08 Å². The molecule has 0 fully saturated rings. The molecule has 1 atom stereocenters. The maximum atomic E-state index is 10.8. The van der Waals surface area contributed by atoms with Crippen molar-refractivity contribution in [3.8, 4) is 0 Å². The third kappa shape index (κ3) is 1.38. The van der Waals surface area contributed by atoms with Crippen LogP contribution in [0.1, 0.15) is 5.69 Å². The van der Waals surface area contributed by atoms with Crippen LogP contribution in [0.15, 0.2) is 41.1 Å². The van der Waals surface area contributed by atoms with E-state index in [0.29, 0.717) is 0 Å². The molecular weight excluding hydrogens is 200 g/mol. The first-order valence-corrected chi connectivity index (χ1v) is 4.11. The molecular formula is C8H8N4O3. The Kier molecular flexibility index (Phi) is 2.01. The molecule has 1 aliphatic rings. The Morgan fingerprint density at radius 2 is 2.47 bits per heavy atom. The van der Waals surface area contributed by atoms with Gasteiger partial charge in [-0.25, -0.2) is 4.98 Å². The van der Waals surface area contributed by atoms with Crippen molar-refractivity contribution in [2.24, 2.45) is 5.73 Å². The van der Waals surface area contributed by atoms with Crippen molar-refractivity contribution in [1.29, 1.82) is 0 Å². The summed E-state index contributed by atoms with van der Waals surface area (Å²) in [6.45, 7) is 0. The van der Waals surface area contributed by atoms with Crippen LogP contribution in [-0.4, -0.2) is 9.91 Å². The molecule has 0 radical (unpaired) electrons. The summed E-state index contributed by atoms with van der Waals surface area (Å²) >= 11 is 0. The number of allylic oxidation sites excluding steroid dienone is 2. The van der Waals surface area contributed by atoms with Gasteiger partial charge in [0.1, 0.15) is 12.0 Å². The zero-order valence-electron chi connectivity index (χ0n) is 7.58.